The summed E-state index contributed by atoms with van der Waals surface area (Å²) >= 11 is 0. The van der Waals surface area contributed by atoms with Crippen LogP contribution < -0.4 is 5.32 Å². The van der Waals surface area contributed by atoms with Crippen LogP contribution in [0.3, 0.4) is 0 Å². The predicted molar refractivity (Wildman–Crippen MR) is 74.1 cm³/mol. The SMILES string of the molecule is Cc1ccccc1C(C)NCC1CCCC1C. The van der Waals surface area contributed by atoms with E-state index in [9.17, 15) is 0 Å². The maximum atomic E-state index is 3.71. The van der Waals surface area contributed by atoms with E-state index in [1.165, 1.54) is 36.9 Å². The lowest BCUT2D eigenvalue weighted by molar-refractivity contribution is 0.374. The second-order valence-corrected chi connectivity index (χ2v) is 5.65. The molecule has 1 N–H and O–H groups in total. The predicted octanol–water partition coefficient (Wildman–Crippen LogP) is 4.08. The van der Waals surface area contributed by atoms with Gasteiger partial charge in [-0.3, -0.25) is 0 Å². The lowest BCUT2D eigenvalue weighted by Gasteiger charge is -2.21. The third-order valence-corrected chi connectivity index (χ3v) is 4.38. The Labute approximate surface area is 106 Å². The minimum Gasteiger partial charge on any atom is -0.310 e. The molecule has 0 saturated heterocycles. The number of nitrogens with one attached hydrogen (secondary N) is 1. The molecule has 17 heavy (non-hydrogen) atoms. The molecule has 1 aromatic carbocycles. The molecule has 0 aromatic heterocycles. The maximum absolute atomic E-state index is 3.71. The first kappa shape index (κ1) is 12.6. The number of aryl methyl sites for hydroxylation is 1. The van der Waals surface area contributed by atoms with E-state index in [0.717, 1.165) is 11.8 Å². The van der Waals surface area contributed by atoms with Gasteiger partial charge in [-0.1, -0.05) is 44.0 Å². The van der Waals surface area contributed by atoms with Gasteiger partial charge in [0.05, 0.1) is 0 Å². The molecule has 3 unspecified atom stereocenters. The monoisotopic (exact) mass is 231 g/mol. The van der Waals surface area contributed by atoms with Gasteiger partial charge in [0, 0.05) is 6.04 Å². The summed E-state index contributed by atoms with van der Waals surface area (Å²) in [5.74, 6) is 1.80. The Morgan fingerprint density at radius 3 is 2.71 bits per heavy atom. The molecule has 1 aliphatic carbocycles. The van der Waals surface area contributed by atoms with Gasteiger partial charge < -0.3 is 5.32 Å². The summed E-state index contributed by atoms with van der Waals surface area (Å²) in [7, 11) is 0. The highest BCUT2D eigenvalue weighted by molar-refractivity contribution is 5.28. The van der Waals surface area contributed by atoms with Gasteiger partial charge in [0.25, 0.3) is 0 Å². The molecule has 1 aliphatic rings. The van der Waals surface area contributed by atoms with Crippen LogP contribution in [0.15, 0.2) is 24.3 Å². The molecule has 1 aromatic rings. The average molecular weight is 231 g/mol. The van der Waals surface area contributed by atoms with Crippen LogP contribution in [0.2, 0.25) is 0 Å². The van der Waals surface area contributed by atoms with Gasteiger partial charge >= 0.3 is 0 Å². The van der Waals surface area contributed by atoms with Gasteiger partial charge in [-0.25, -0.2) is 0 Å². The molecule has 94 valence electrons. The molecule has 1 heteroatoms. The van der Waals surface area contributed by atoms with Crippen LogP contribution in [0.25, 0.3) is 0 Å². The molecule has 0 bridgehead atoms. The zero-order valence-electron chi connectivity index (χ0n) is 11.4. The van der Waals surface area contributed by atoms with E-state index in [-0.39, 0.29) is 0 Å². The minimum absolute atomic E-state index is 0.476. The summed E-state index contributed by atoms with van der Waals surface area (Å²) in [6.07, 6.45) is 4.26. The lowest BCUT2D eigenvalue weighted by atomic mass is 9.97. The molecule has 0 aliphatic heterocycles. The van der Waals surface area contributed by atoms with E-state index in [0.29, 0.717) is 6.04 Å². The van der Waals surface area contributed by atoms with Crippen molar-refractivity contribution in [1.82, 2.24) is 5.32 Å². The third kappa shape index (κ3) is 3.10. The standard InChI is InChI=1S/C16H25N/c1-12-8-6-9-15(12)11-17-14(3)16-10-5-4-7-13(16)2/h4-5,7,10,12,14-15,17H,6,8-9,11H2,1-3H3. The Hall–Kier alpha value is -0.820. The van der Waals surface area contributed by atoms with Crippen LogP contribution in [-0.2, 0) is 0 Å². The van der Waals surface area contributed by atoms with Crippen LogP contribution in [0.1, 0.15) is 50.3 Å². The summed E-state index contributed by atoms with van der Waals surface area (Å²) < 4.78 is 0. The first-order chi connectivity index (χ1) is 8.18. The summed E-state index contributed by atoms with van der Waals surface area (Å²) in [6, 6.07) is 9.17. The molecule has 2 rings (SSSR count). The summed E-state index contributed by atoms with van der Waals surface area (Å²) in [5.41, 5.74) is 2.84. The van der Waals surface area contributed by atoms with Crippen molar-refractivity contribution in [1.29, 1.82) is 0 Å². The first-order valence-corrected chi connectivity index (χ1v) is 6.97. The Morgan fingerprint density at radius 1 is 1.29 bits per heavy atom. The van der Waals surface area contributed by atoms with E-state index in [4.69, 9.17) is 0 Å². The summed E-state index contributed by atoms with van der Waals surface area (Å²) in [5, 5.41) is 3.71. The summed E-state index contributed by atoms with van der Waals surface area (Å²) in [4.78, 5) is 0. The van der Waals surface area contributed by atoms with Crippen LogP contribution >= 0.6 is 0 Å². The first-order valence-electron chi connectivity index (χ1n) is 6.97. The Morgan fingerprint density at radius 2 is 2.06 bits per heavy atom. The largest absolute Gasteiger partial charge is 0.310 e. The highest BCUT2D eigenvalue weighted by Gasteiger charge is 2.23. The van der Waals surface area contributed by atoms with Gasteiger partial charge in [-0.15, -0.1) is 0 Å². The van der Waals surface area contributed by atoms with Crippen LogP contribution in [0, 0.1) is 18.8 Å². The highest BCUT2D eigenvalue weighted by Crippen LogP contribution is 2.31. The Kier molecular flexibility index (Phi) is 4.22. The quantitative estimate of drug-likeness (QED) is 0.823. The van der Waals surface area contributed by atoms with E-state index in [1.54, 1.807) is 0 Å². The van der Waals surface area contributed by atoms with Gasteiger partial charge in [0.2, 0.25) is 0 Å². The van der Waals surface area contributed by atoms with Gasteiger partial charge in [-0.05, 0) is 49.8 Å². The fourth-order valence-corrected chi connectivity index (χ4v) is 3.04. The van der Waals surface area contributed by atoms with Crippen molar-refractivity contribution in [3.8, 4) is 0 Å². The van der Waals surface area contributed by atoms with Crippen molar-refractivity contribution in [3.05, 3.63) is 35.4 Å². The molecule has 0 amide bonds. The molecule has 0 spiro atoms. The molecular weight excluding hydrogens is 206 g/mol. The molecule has 1 nitrogen and oxygen atoms in total. The van der Waals surface area contributed by atoms with E-state index >= 15 is 0 Å². The zero-order chi connectivity index (χ0) is 12.3. The van der Waals surface area contributed by atoms with Crippen LogP contribution in [-0.4, -0.2) is 6.54 Å². The van der Waals surface area contributed by atoms with Crippen molar-refractivity contribution in [2.24, 2.45) is 11.8 Å². The average Bonchev–Trinajstić information content (AvgIpc) is 2.72. The topological polar surface area (TPSA) is 12.0 Å². The second kappa shape index (κ2) is 5.68. The summed E-state index contributed by atoms with van der Waals surface area (Å²) in [6.45, 7) is 8.06. The number of benzene rings is 1. The normalized spacial score (nSPS) is 26.1. The minimum atomic E-state index is 0.476. The third-order valence-electron chi connectivity index (χ3n) is 4.38. The molecule has 1 saturated carbocycles. The van der Waals surface area contributed by atoms with Gasteiger partial charge in [0.15, 0.2) is 0 Å². The maximum Gasteiger partial charge on any atom is 0.0294 e. The number of hydrogen-bond acceptors (Lipinski definition) is 1. The number of hydrogen-bond donors (Lipinski definition) is 1. The van der Waals surface area contributed by atoms with Gasteiger partial charge in [-0.2, -0.15) is 0 Å². The Balaban J connectivity index is 1.89. The molecule has 3 atom stereocenters. The van der Waals surface area contributed by atoms with Crippen molar-refractivity contribution in [2.45, 2.75) is 46.1 Å². The van der Waals surface area contributed by atoms with Crippen LogP contribution in [0.5, 0.6) is 0 Å². The van der Waals surface area contributed by atoms with Crippen molar-refractivity contribution in [3.63, 3.8) is 0 Å². The van der Waals surface area contributed by atoms with E-state index in [2.05, 4.69) is 50.4 Å². The highest BCUT2D eigenvalue weighted by atomic mass is 14.9. The second-order valence-electron chi connectivity index (χ2n) is 5.65. The molecule has 0 radical (unpaired) electrons. The smallest absolute Gasteiger partial charge is 0.0294 e. The Bertz CT molecular complexity index is 358. The van der Waals surface area contributed by atoms with Gasteiger partial charge in [0.1, 0.15) is 0 Å². The van der Waals surface area contributed by atoms with Crippen molar-refractivity contribution < 1.29 is 0 Å². The molecular formula is C16H25N. The lowest BCUT2D eigenvalue weighted by Crippen LogP contribution is -2.27. The molecule has 1 fully saturated rings. The number of rotatable bonds is 4. The van der Waals surface area contributed by atoms with Crippen molar-refractivity contribution >= 4 is 0 Å². The van der Waals surface area contributed by atoms with Crippen molar-refractivity contribution in [2.75, 3.05) is 6.54 Å². The fraction of sp³-hybridized carbons (Fsp3) is 0.625. The van der Waals surface area contributed by atoms with Crippen LogP contribution in [0.4, 0.5) is 0 Å². The fourth-order valence-electron chi connectivity index (χ4n) is 3.04. The van der Waals surface area contributed by atoms with E-state index in [1.807, 2.05) is 0 Å². The molecule has 0 heterocycles. The van der Waals surface area contributed by atoms with E-state index < -0.39 is 0 Å². The zero-order valence-corrected chi connectivity index (χ0v) is 11.4.